The molecule has 1 rings (SSSR count). The monoisotopic (exact) mass is 330 g/mol. The minimum absolute atomic E-state index is 0.0599. The molecule has 1 fully saturated rings. The number of carboxylic acids is 1. The van der Waals surface area contributed by atoms with Crippen molar-refractivity contribution < 1.29 is 24.7 Å². The van der Waals surface area contributed by atoms with E-state index < -0.39 is 5.97 Å². The summed E-state index contributed by atoms with van der Waals surface area (Å²) in [6.07, 6.45) is 15.1. The highest BCUT2D eigenvalue weighted by atomic mass is 17.5. The van der Waals surface area contributed by atoms with Crippen LogP contribution in [0.15, 0.2) is 0 Å². The van der Waals surface area contributed by atoms with E-state index in [1.54, 1.807) is 0 Å². The Kier molecular flexibility index (Phi) is 12.2. The molecule has 0 radical (unpaired) electrons. The summed E-state index contributed by atoms with van der Waals surface area (Å²) in [7, 11) is 0. The first-order valence-electron chi connectivity index (χ1n) is 9.44. The average Bonchev–Trinajstić information content (AvgIpc) is 2.97. The summed E-state index contributed by atoms with van der Waals surface area (Å²) < 4.78 is 0. The number of hydrogen-bond acceptors (Lipinski definition) is 4. The van der Waals surface area contributed by atoms with Gasteiger partial charge in [0.2, 0.25) is 0 Å². The highest BCUT2D eigenvalue weighted by molar-refractivity contribution is 5.66. The first-order chi connectivity index (χ1) is 11.2. The molecule has 2 unspecified atom stereocenters. The van der Waals surface area contributed by atoms with Crippen molar-refractivity contribution in [2.24, 2.45) is 0 Å². The molecule has 0 saturated carbocycles. The van der Waals surface area contributed by atoms with Gasteiger partial charge in [-0.3, -0.25) is 4.79 Å². The van der Waals surface area contributed by atoms with Gasteiger partial charge in [0.05, 0.1) is 0 Å². The lowest BCUT2D eigenvalue weighted by atomic mass is 9.99. The predicted octanol–water partition coefficient (Wildman–Crippen LogP) is 5.18. The maximum atomic E-state index is 10.4. The van der Waals surface area contributed by atoms with E-state index in [0.29, 0.717) is 0 Å². The van der Waals surface area contributed by atoms with Gasteiger partial charge in [-0.15, -0.1) is 0 Å². The van der Waals surface area contributed by atoms with Crippen LogP contribution in [0.1, 0.15) is 96.8 Å². The number of aliphatic carboxylic acids is 1. The van der Waals surface area contributed by atoms with Gasteiger partial charge in [0.15, 0.2) is 0 Å². The van der Waals surface area contributed by atoms with Crippen LogP contribution in [0.25, 0.3) is 0 Å². The van der Waals surface area contributed by atoms with Crippen LogP contribution in [-0.2, 0) is 19.6 Å². The van der Waals surface area contributed by atoms with Crippen molar-refractivity contribution in [2.45, 2.75) is 109 Å². The summed E-state index contributed by atoms with van der Waals surface area (Å²) >= 11 is 0. The standard InChI is InChI=1S/C18H34O5/c1-2-3-4-5-7-10-13-16-17(22-23-21-16)14-11-8-6-9-12-15-18(19)20/h16-17H,2-15H2,1H3,(H,19,20). The van der Waals surface area contributed by atoms with E-state index in [2.05, 4.69) is 6.92 Å². The van der Waals surface area contributed by atoms with Gasteiger partial charge in [-0.2, -0.15) is 9.78 Å². The van der Waals surface area contributed by atoms with Crippen LogP contribution in [0.4, 0.5) is 0 Å². The predicted molar refractivity (Wildman–Crippen MR) is 88.8 cm³/mol. The van der Waals surface area contributed by atoms with Crippen LogP contribution in [0.2, 0.25) is 0 Å². The zero-order valence-electron chi connectivity index (χ0n) is 14.6. The molecule has 136 valence electrons. The molecule has 1 heterocycles. The fourth-order valence-corrected chi connectivity index (χ4v) is 2.99. The minimum atomic E-state index is -0.698. The second kappa shape index (κ2) is 13.8. The summed E-state index contributed by atoms with van der Waals surface area (Å²) in [4.78, 5) is 20.9. The number of unbranched alkanes of at least 4 members (excludes halogenated alkanes) is 9. The Morgan fingerprint density at radius 3 is 1.78 bits per heavy atom. The summed E-state index contributed by atoms with van der Waals surface area (Å²) in [5.74, 6) is -0.698. The lowest BCUT2D eigenvalue weighted by molar-refractivity contribution is -0.466. The highest BCUT2D eigenvalue weighted by Gasteiger charge is 2.31. The van der Waals surface area contributed by atoms with Crippen LogP contribution in [-0.4, -0.2) is 23.3 Å². The Morgan fingerprint density at radius 1 is 0.783 bits per heavy atom. The molecule has 0 aromatic heterocycles. The maximum Gasteiger partial charge on any atom is 0.303 e. The third-order valence-electron chi connectivity index (χ3n) is 4.46. The number of carbonyl (C=O) groups is 1. The Morgan fingerprint density at radius 2 is 1.26 bits per heavy atom. The van der Waals surface area contributed by atoms with Gasteiger partial charge in [0.1, 0.15) is 12.2 Å². The van der Waals surface area contributed by atoms with E-state index in [4.69, 9.17) is 19.9 Å². The molecule has 0 aromatic carbocycles. The molecule has 1 saturated heterocycles. The fraction of sp³-hybridized carbons (Fsp3) is 0.944. The zero-order chi connectivity index (χ0) is 16.8. The van der Waals surface area contributed by atoms with E-state index in [1.165, 1.54) is 38.5 Å². The summed E-state index contributed by atoms with van der Waals surface area (Å²) in [6.45, 7) is 2.23. The minimum Gasteiger partial charge on any atom is -0.481 e. The van der Waals surface area contributed by atoms with Gasteiger partial charge < -0.3 is 5.11 Å². The van der Waals surface area contributed by atoms with E-state index in [-0.39, 0.29) is 18.6 Å². The van der Waals surface area contributed by atoms with Crippen molar-refractivity contribution >= 4 is 5.97 Å². The van der Waals surface area contributed by atoms with Crippen molar-refractivity contribution in [3.8, 4) is 0 Å². The zero-order valence-corrected chi connectivity index (χ0v) is 14.6. The maximum absolute atomic E-state index is 10.4. The third-order valence-corrected chi connectivity index (χ3v) is 4.46. The number of hydrogen-bond donors (Lipinski definition) is 1. The van der Waals surface area contributed by atoms with Gasteiger partial charge in [0.25, 0.3) is 0 Å². The van der Waals surface area contributed by atoms with Crippen molar-refractivity contribution in [1.29, 1.82) is 0 Å². The van der Waals surface area contributed by atoms with Crippen LogP contribution in [0.3, 0.4) is 0 Å². The fourth-order valence-electron chi connectivity index (χ4n) is 2.99. The molecular formula is C18H34O5. The van der Waals surface area contributed by atoms with E-state index in [1.807, 2.05) is 0 Å². The highest BCUT2D eigenvalue weighted by Crippen LogP contribution is 2.24. The SMILES string of the molecule is CCCCCCCCC1OOOC1CCCCCCCC(=O)O. The van der Waals surface area contributed by atoms with Gasteiger partial charge >= 0.3 is 5.97 Å². The second-order valence-electron chi connectivity index (χ2n) is 6.59. The molecule has 1 N–H and O–H groups in total. The molecule has 0 aromatic rings. The lowest BCUT2D eigenvalue weighted by Crippen LogP contribution is -2.22. The van der Waals surface area contributed by atoms with Gasteiger partial charge in [0, 0.05) is 6.42 Å². The van der Waals surface area contributed by atoms with Gasteiger partial charge in [-0.25, -0.2) is 0 Å². The molecular weight excluding hydrogens is 296 g/mol. The van der Waals surface area contributed by atoms with Gasteiger partial charge in [-0.05, 0) is 19.3 Å². The molecule has 5 heteroatoms. The molecule has 2 atom stereocenters. The first kappa shape index (κ1) is 20.4. The van der Waals surface area contributed by atoms with Crippen LogP contribution in [0, 0.1) is 0 Å². The lowest BCUT2D eigenvalue weighted by Gasteiger charge is -2.13. The molecule has 1 aliphatic rings. The molecule has 0 spiro atoms. The number of rotatable bonds is 15. The molecule has 23 heavy (non-hydrogen) atoms. The normalized spacial score (nSPS) is 20.9. The van der Waals surface area contributed by atoms with E-state index in [0.717, 1.165) is 44.9 Å². The van der Waals surface area contributed by atoms with Crippen molar-refractivity contribution in [2.75, 3.05) is 0 Å². The summed E-state index contributed by atoms with van der Waals surface area (Å²) in [5, 5.41) is 13.3. The van der Waals surface area contributed by atoms with Gasteiger partial charge in [-0.1, -0.05) is 76.2 Å². The summed E-state index contributed by atoms with van der Waals surface area (Å²) in [5.41, 5.74) is 0. The third kappa shape index (κ3) is 10.7. The van der Waals surface area contributed by atoms with Crippen molar-refractivity contribution in [3.63, 3.8) is 0 Å². The van der Waals surface area contributed by atoms with Crippen LogP contribution < -0.4 is 0 Å². The van der Waals surface area contributed by atoms with E-state index in [9.17, 15) is 4.79 Å². The Bertz CT molecular complexity index is 295. The van der Waals surface area contributed by atoms with E-state index >= 15 is 0 Å². The number of carboxylic acid groups (broad SMARTS) is 1. The molecule has 0 bridgehead atoms. The average molecular weight is 330 g/mol. The van der Waals surface area contributed by atoms with Crippen molar-refractivity contribution in [1.82, 2.24) is 0 Å². The molecule has 1 aliphatic heterocycles. The second-order valence-corrected chi connectivity index (χ2v) is 6.59. The quantitative estimate of drug-likeness (QED) is 0.331. The topological polar surface area (TPSA) is 65.0 Å². The van der Waals surface area contributed by atoms with Crippen LogP contribution >= 0.6 is 0 Å². The Hall–Kier alpha value is -0.650. The smallest absolute Gasteiger partial charge is 0.303 e. The molecule has 0 amide bonds. The summed E-state index contributed by atoms with van der Waals surface area (Å²) in [6, 6.07) is 0. The molecule has 5 nitrogen and oxygen atoms in total. The Balaban J connectivity index is 1.97. The largest absolute Gasteiger partial charge is 0.481 e. The van der Waals surface area contributed by atoms with Crippen LogP contribution in [0.5, 0.6) is 0 Å². The molecule has 0 aliphatic carbocycles. The Labute approximate surface area is 140 Å². The first-order valence-corrected chi connectivity index (χ1v) is 9.44. The van der Waals surface area contributed by atoms with Crippen molar-refractivity contribution in [3.05, 3.63) is 0 Å².